The van der Waals surface area contributed by atoms with Crippen molar-refractivity contribution in [2.24, 2.45) is 0 Å². The number of benzene rings is 1. The van der Waals surface area contributed by atoms with E-state index in [0.29, 0.717) is 12.1 Å². The van der Waals surface area contributed by atoms with Gasteiger partial charge in [-0.1, -0.05) is 35.0 Å². The van der Waals surface area contributed by atoms with E-state index in [9.17, 15) is 0 Å². The van der Waals surface area contributed by atoms with Crippen molar-refractivity contribution in [1.29, 1.82) is 0 Å². The van der Waals surface area contributed by atoms with Gasteiger partial charge in [0, 0.05) is 17.1 Å². The highest BCUT2D eigenvalue weighted by atomic mass is 79.9. The first-order valence-corrected chi connectivity index (χ1v) is 9.16. The van der Waals surface area contributed by atoms with Gasteiger partial charge >= 0.3 is 0 Å². The van der Waals surface area contributed by atoms with Crippen molar-refractivity contribution in [3.8, 4) is 0 Å². The Morgan fingerprint density at radius 2 is 2.29 bits per heavy atom. The molecule has 0 bridgehead atoms. The van der Waals surface area contributed by atoms with E-state index >= 15 is 0 Å². The molecule has 1 aliphatic rings. The molecule has 2 rings (SSSR count). The summed E-state index contributed by atoms with van der Waals surface area (Å²) in [7, 11) is 0. The minimum Gasteiger partial charge on any atom is -0.378 e. The lowest BCUT2D eigenvalue weighted by molar-refractivity contribution is 0.00858. The maximum Gasteiger partial charge on any atom is 0.0575 e. The molecule has 0 aliphatic carbocycles. The molecule has 1 heterocycles. The van der Waals surface area contributed by atoms with Crippen molar-refractivity contribution in [3.05, 3.63) is 34.3 Å². The average Bonchev–Trinajstić information content (AvgIpc) is 2.51. The second-order valence-corrected chi connectivity index (χ2v) is 6.97. The van der Waals surface area contributed by atoms with E-state index in [1.165, 1.54) is 48.6 Å². The third-order valence-corrected chi connectivity index (χ3v) is 4.66. The third kappa shape index (κ3) is 6.50. The van der Waals surface area contributed by atoms with Crippen LogP contribution in [-0.2, 0) is 11.2 Å². The minimum absolute atomic E-state index is 0.493. The van der Waals surface area contributed by atoms with Crippen molar-refractivity contribution < 1.29 is 4.74 Å². The smallest absolute Gasteiger partial charge is 0.0575 e. The molecule has 21 heavy (non-hydrogen) atoms. The number of hydrogen-bond donors (Lipinski definition) is 1. The number of halogens is 1. The van der Waals surface area contributed by atoms with Gasteiger partial charge in [0.05, 0.1) is 6.10 Å². The first-order chi connectivity index (χ1) is 10.3. The molecule has 0 radical (unpaired) electrons. The standard InChI is InChI=1S/C18H28BrNO/c1-2-11-20-17(9-10-18-8-3-4-12-21-18)14-15-6-5-7-16(19)13-15/h5-7,13,17-18,20H,2-4,8-12,14H2,1H3. The predicted octanol–water partition coefficient (Wildman–Crippen LogP) is 4.71. The monoisotopic (exact) mass is 353 g/mol. The molecule has 0 spiro atoms. The number of ether oxygens (including phenoxy) is 1. The Morgan fingerprint density at radius 3 is 3.00 bits per heavy atom. The van der Waals surface area contributed by atoms with Crippen LogP contribution in [0.1, 0.15) is 51.0 Å². The van der Waals surface area contributed by atoms with E-state index in [-0.39, 0.29) is 0 Å². The van der Waals surface area contributed by atoms with E-state index in [1.807, 2.05) is 0 Å². The van der Waals surface area contributed by atoms with Gasteiger partial charge in [-0.05, 0) is 69.2 Å². The highest BCUT2D eigenvalue weighted by molar-refractivity contribution is 9.10. The molecular weight excluding hydrogens is 326 g/mol. The molecule has 1 aliphatic heterocycles. The molecular formula is C18H28BrNO. The molecule has 1 aromatic rings. The Bertz CT molecular complexity index is 404. The van der Waals surface area contributed by atoms with Crippen LogP contribution in [0.15, 0.2) is 28.7 Å². The summed E-state index contributed by atoms with van der Waals surface area (Å²) < 4.78 is 7.04. The van der Waals surface area contributed by atoms with Gasteiger partial charge in [-0.3, -0.25) is 0 Å². The lowest BCUT2D eigenvalue weighted by atomic mass is 9.97. The molecule has 1 fully saturated rings. The van der Waals surface area contributed by atoms with Crippen molar-refractivity contribution in [2.45, 2.75) is 64.0 Å². The van der Waals surface area contributed by atoms with Crippen LogP contribution in [0.4, 0.5) is 0 Å². The van der Waals surface area contributed by atoms with Crippen LogP contribution >= 0.6 is 15.9 Å². The minimum atomic E-state index is 0.493. The van der Waals surface area contributed by atoms with Gasteiger partial charge in [0.25, 0.3) is 0 Å². The van der Waals surface area contributed by atoms with E-state index in [2.05, 4.69) is 52.4 Å². The first kappa shape index (κ1) is 17.0. The van der Waals surface area contributed by atoms with Crippen LogP contribution in [0.3, 0.4) is 0 Å². The summed E-state index contributed by atoms with van der Waals surface area (Å²) in [6.07, 6.45) is 9.01. The van der Waals surface area contributed by atoms with Gasteiger partial charge in [0.15, 0.2) is 0 Å². The Hall–Kier alpha value is -0.380. The van der Waals surface area contributed by atoms with Crippen molar-refractivity contribution >= 4 is 15.9 Å². The van der Waals surface area contributed by atoms with Crippen LogP contribution in [0.5, 0.6) is 0 Å². The summed E-state index contributed by atoms with van der Waals surface area (Å²) in [5.74, 6) is 0. The molecule has 0 amide bonds. The van der Waals surface area contributed by atoms with Gasteiger partial charge in [-0.2, -0.15) is 0 Å². The Morgan fingerprint density at radius 1 is 1.38 bits per heavy atom. The summed E-state index contributed by atoms with van der Waals surface area (Å²) in [4.78, 5) is 0. The Kier molecular flexibility index (Phi) is 7.76. The predicted molar refractivity (Wildman–Crippen MR) is 92.8 cm³/mol. The van der Waals surface area contributed by atoms with Crippen molar-refractivity contribution in [3.63, 3.8) is 0 Å². The van der Waals surface area contributed by atoms with Gasteiger partial charge in [0.1, 0.15) is 0 Å². The average molecular weight is 354 g/mol. The second kappa shape index (κ2) is 9.60. The Labute approximate surface area is 137 Å². The van der Waals surface area contributed by atoms with E-state index in [1.54, 1.807) is 0 Å². The van der Waals surface area contributed by atoms with E-state index < -0.39 is 0 Å². The maximum absolute atomic E-state index is 5.87. The lowest BCUT2D eigenvalue weighted by Gasteiger charge is -2.25. The van der Waals surface area contributed by atoms with Gasteiger partial charge < -0.3 is 10.1 Å². The lowest BCUT2D eigenvalue weighted by Crippen LogP contribution is -2.33. The molecule has 2 atom stereocenters. The highest BCUT2D eigenvalue weighted by Crippen LogP contribution is 2.20. The third-order valence-electron chi connectivity index (χ3n) is 4.17. The van der Waals surface area contributed by atoms with E-state index in [4.69, 9.17) is 4.74 Å². The van der Waals surface area contributed by atoms with Gasteiger partial charge in [-0.25, -0.2) is 0 Å². The number of rotatable bonds is 8. The Balaban J connectivity index is 1.84. The van der Waals surface area contributed by atoms with Crippen LogP contribution in [0.25, 0.3) is 0 Å². The second-order valence-electron chi connectivity index (χ2n) is 6.05. The summed E-state index contributed by atoms with van der Waals surface area (Å²) in [5, 5.41) is 3.71. The topological polar surface area (TPSA) is 21.3 Å². The van der Waals surface area contributed by atoms with Crippen LogP contribution in [0, 0.1) is 0 Å². The van der Waals surface area contributed by atoms with Crippen LogP contribution < -0.4 is 5.32 Å². The molecule has 118 valence electrons. The summed E-state index contributed by atoms with van der Waals surface area (Å²) in [6, 6.07) is 9.24. The fraction of sp³-hybridized carbons (Fsp3) is 0.667. The SMILES string of the molecule is CCCNC(CCC1CCCCO1)Cc1cccc(Br)c1. The van der Waals surface area contributed by atoms with E-state index in [0.717, 1.165) is 19.6 Å². The summed E-state index contributed by atoms with van der Waals surface area (Å²) >= 11 is 3.57. The number of hydrogen-bond acceptors (Lipinski definition) is 2. The van der Waals surface area contributed by atoms with Gasteiger partial charge in [-0.15, -0.1) is 0 Å². The van der Waals surface area contributed by atoms with Crippen LogP contribution in [0.2, 0.25) is 0 Å². The molecule has 0 saturated carbocycles. The highest BCUT2D eigenvalue weighted by Gasteiger charge is 2.16. The number of nitrogens with one attached hydrogen (secondary N) is 1. The zero-order chi connectivity index (χ0) is 14.9. The molecule has 1 aromatic carbocycles. The largest absolute Gasteiger partial charge is 0.378 e. The molecule has 1 saturated heterocycles. The molecule has 3 heteroatoms. The van der Waals surface area contributed by atoms with Crippen LogP contribution in [-0.4, -0.2) is 25.3 Å². The normalized spacial score (nSPS) is 20.4. The fourth-order valence-electron chi connectivity index (χ4n) is 3.00. The zero-order valence-electron chi connectivity index (χ0n) is 13.1. The zero-order valence-corrected chi connectivity index (χ0v) is 14.7. The molecule has 2 unspecified atom stereocenters. The summed E-state index contributed by atoms with van der Waals surface area (Å²) in [5.41, 5.74) is 1.41. The molecule has 0 aromatic heterocycles. The molecule has 1 N–H and O–H groups in total. The van der Waals surface area contributed by atoms with Crippen molar-refractivity contribution in [1.82, 2.24) is 5.32 Å². The van der Waals surface area contributed by atoms with Gasteiger partial charge in [0.2, 0.25) is 0 Å². The quantitative estimate of drug-likeness (QED) is 0.730. The molecule has 2 nitrogen and oxygen atoms in total. The first-order valence-electron chi connectivity index (χ1n) is 8.37. The fourth-order valence-corrected chi connectivity index (χ4v) is 3.44. The summed E-state index contributed by atoms with van der Waals surface area (Å²) in [6.45, 7) is 4.29. The maximum atomic E-state index is 5.87. The van der Waals surface area contributed by atoms with Crippen molar-refractivity contribution in [2.75, 3.05) is 13.2 Å².